The van der Waals surface area contributed by atoms with Crippen molar-refractivity contribution in [2.45, 2.75) is 31.9 Å². The lowest BCUT2D eigenvalue weighted by atomic mass is 9.82. The van der Waals surface area contributed by atoms with E-state index >= 15 is 0 Å². The molecule has 0 bridgehead atoms. The number of amides is 1. The van der Waals surface area contributed by atoms with E-state index in [1.165, 1.54) is 24.1 Å². The van der Waals surface area contributed by atoms with E-state index in [4.69, 9.17) is 4.74 Å². The van der Waals surface area contributed by atoms with E-state index in [2.05, 4.69) is 0 Å². The van der Waals surface area contributed by atoms with Crippen molar-refractivity contribution in [3.63, 3.8) is 0 Å². The van der Waals surface area contributed by atoms with Gasteiger partial charge in [0.2, 0.25) is 5.91 Å². The van der Waals surface area contributed by atoms with Crippen molar-refractivity contribution in [3.05, 3.63) is 35.4 Å². The fourth-order valence-corrected chi connectivity index (χ4v) is 3.28. The molecular weight excluding hydrogens is 351 g/mol. The molecule has 1 aliphatic heterocycles. The number of carboxylic acids is 1. The first-order valence-corrected chi connectivity index (χ1v) is 8.13. The normalized spacial score (nSPS) is 21.1. The van der Waals surface area contributed by atoms with Crippen LogP contribution in [-0.4, -0.2) is 48.7 Å². The van der Waals surface area contributed by atoms with E-state index in [0.717, 1.165) is 12.1 Å². The van der Waals surface area contributed by atoms with Crippen LogP contribution in [0.3, 0.4) is 0 Å². The zero-order valence-electron chi connectivity index (χ0n) is 14.9. The van der Waals surface area contributed by atoms with Gasteiger partial charge < -0.3 is 14.7 Å². The van der Waals surface area contributed by atoms with Gasteiger partial charge in [-0.2, -0.15) is 13.2 Å². The number of likely N-dealkylation sites (tertiary alicyclic amines) is 1. The van der Waals surface area contributed by atoms with Crippen LogP contribution in [0.5, 0.6) is 0 Å². The molecule has 5 nitrogen and oxygen atoms in total. The molecule has 1 saturated heterocycles. The molecule has 0 aromatic heterocycles. The molecule has 0 saturated carbocycles. The van der Waals surface area contributed by atoms with Crippen molar-refractivity contribution in [1.82, 2.24) is 4.90 Å². The van der Waals surface area contributed by atoms with Gasteiger partial charge in [0.1, 0.15) is 5.41 Å². The predicted molar refractivity (Wildman–Crippen MR) is 87.6 cm³/mol. The van der Waals surface area contributed by atoms with Gasteiger partial charge in [-0.1, -0.05) is 18.2 Å². The third kappa shape index (κ3) is 3.70. The van der Waals surface area contributed by atoms with Gasteiger partial charge >= 0.3 is 12.1 Å². The number of hydrogen-bond acceptors (Lipinski definition) is 3. The second kappa shape index (κ2) is 6.90. The number of rotatable bonds is 5. The Balaban J connectivity index is 2.28. The van der Waals surface area contributed by atoms with Gasteiger partial charge in [-0.15, -0.1) is 0 Å². The minimum Gasteiger partial charge on any atom is -0.481 e. The van der Waals surface area contributed by atoms with Crippen LogP contribution in [0.1, 0.15) is 31.4 Å². The van der Waals surface area contributed by atoms with Gasteiger partial charge in [0.25, 0.3) is 0 Å². The molecule has 1 unspecified atom stereocenters. The molecule has 1 N–H and O–H groups in total. The van der Waals surface area contributed by atoms with Gasteiger partial charge in [-0.25, -0.2) is 0 Å². The van der Waals surface area contributed by atoms with Crippen molar-refractivity contribution in [1.29, 1.82) is 0 Å². The second-order valence-electron chi connectivity index (χ2n) is 7.20. The number of ether oxygens (including phenoxy) is 1. The molecule has 1 aromatic rings. The molecule has 1 aliphatic rings. The van der Waals surface area contributed by atoms with E-state index in [1.807, 2.05) is 0 Å². The summed E-state index contributed by atoms with van der Waals surface area (Å²) in [5.41, 5.74) is -2.99. The standard InChI is InChI=1S/C18H22F3NO4/c1-16(2,12-5-4-6-13(9-12)18(19,20)21)14(23)22-8-7-17(10-22,11-26-3)15(24)25/h4-6,9H,7-8,10-11H2,1-3H3,(H,24,25). The first-order chi connectivity index (χ1) is 11.9. The van der Waals surface area contributed by atoms with Crippen molar-refractivity contribution < 1.29 is 32.6 Å². The number of halogens is 3. The largest absolute Gasteiger partial charge is 0.481 e. The SMILES string of the molecule is COCC1(C(=O)O)CCN(C(=O)C(C)(C)c2cccc(C(F)(F)F)c2)C1. The Morgan fingerprint density at radius 3 is 2.42 bits per heavy atom. The lowest BCUT2D eigenvalue weighted by Crippen LogP contribution is -2.45. The van der Waals surface area contributed by atoms with Crippen LogP contribution in [0.25, 0.3) is 0 Å². The van der Waals surface area contributed by atoms with Crippen LogP contribution in [0, 0.1) is 5.41 Å². The Bertz CT molecular complexity index is 702. The maximum Gasteiger partial charge on any atom is 0.416 e. The number of carboxylic acid groups (broad SMARTS) is 1. The third-order valence-corrected chi connectivity index (χ3v) is 4.96. The predicted octanol–water partition coefficient (Wildman–Crippen LogP) is 2.93. The number of carbonyl (C=O) groups is 2. The van der Waals surface area contributed by atoms with E-state index in [1.54, 1.807) is 13.8 Å². The first kappa shape index (κ1) is 20.2. The van der Waals surface area contributed by atoms with E-state index < -0.39 is 34.4 Å². The summed E-state index contributed by atoms with van der Waals surface area (Å²) >= 11 is 0. The van der Waals surface area contributed by atoms with E-state index in [9.17, 15) is 27.9 Å². The highest BCUT2D eigenvalue weighted by atomic mass is 19.4. The summed E-state index contributed by atoms with van der Waals surface area (Å²) in [6.07, 6.45) is -4.26. The zero-order valence-corrected chi connectivity index (χ0v) is 14.9. The van der Waals surface area contributed by atoms with Crippen LogP contribution >= 0.6 is 0 Å². The fourth-order valence-electron chi connectivity index (χ4n) is 3.28. The minimum absolute atomic E-state index is 0.0304. The molecular formula is C18H22F3NO4. The fraction of sp³-hybridized carbons (Fsp3) is 0.556. The summed E-state index contributed by atoms with van der Waals surface area (Å²) in [7, 11) is 1.39. The average Bonchev–Trinajstić information content (AvgIpc) is 2.99. The molecule has 0 spiro atoms. The number of alkyl halides is 3. The van der Waals surface area contributed by atoms with Crippen molar-refractivity contribution >= 4 is 11.9 Å². The quantitative estimate of drug-likeness (QED) is 0.862. The molecule has 1 atom stereocenters. The molecule has 1 aromatic carbocycles. The molecule has 1 fully saturated rings. The number of aliphatic carboxylic acids is 1. The minimum atomic E-state index is -4.50. The Hall–Kier alpha value is -2.09. The monoisotopic (exact) mass is 373 g/mol. The average molecular weight is 373 g/mol. The van der Waals surface area contributed by atoms with Crippen LogP contribution < -0.4 is 0 Å². The molecule has 1 heterocycles. The lowest BCUT2D eigenvalue weighted by Gasteiger charge is -2.31. The summed E-state index contributed by atoms with van der Waals surface area (Å²) in [4.78, 5) is 26.0. The number of benzene rings is 1. The van der Waals surface area contributed by atoms with E-state index in [0.29, 0.717) is 0 Å². The number of carbonyl (C=O) groups excluding carboxylic acids is 1. The Labute approximate surface area is 149 Å². The summed E-state index contributed by atoms with van der Waals surface area (Å²) in [6, 6.07) is 4.66. The highest BCUT2D eigenvalue weighted by molar-refractivity contribution is 5.89. The Morgan fingerprint density at radius 2 is 1.88 bits per heavy atom. The zero-order chi connectivity index (χ0) is 19.8. The number of hydrogen-bond donors (Lipinski definition) is 1. The molecule has 0 aliphatic carbocycles. The second-order valence-corrected chi connectivity index (χ2v) is 7.20. The molecule has 8 heteroatoms. The van der Waals surface area contributed by atoms with Crippen LogP contribution in [0.4, 0.5) is 13.2 Å². The molecule has 2 rings (SSSR count). The first-order valence-electron chi connectivity index (χ1n) is 8.13. The molecule has 144 valence electrons. The smallest absolute Gasteiger partial charge is 0.416 e. The highest BCUT2D eigenvalue weighted by Gasteiger charge is 2.49. The van der Waals surface area contributed by atoms with Crippen LogP contribution in [0.2, 0.25) is 0 Å². The molecule has 0 radical (unpaired) electrons. The Morgan fingerprint density at radius 1 is 1.27 bits per heavy atom. The summed E-state index contributed by atoms with van der Waals surface area (Å²) in [5.74, 6) is -1.46. The summed E-state index contributed by atoms with van der Waals surface area (Å²) in [6.45, 7) is 3.24. The Kier molecular flexibility index (Phi) is 5.37. The molecule has 26 heavy (non-hydrogen) atoms. The number of nitrogens with zero attached hydrogens (tertiary/aromatic N) is 1. The van der Waals surface area contributed by atoms with Crippen molar-refractivity contribution in [2.75, 3.05) is 26.8 Å². The topological polar surface area (TPSA) is 66.8 Å². The van der Waals surface area contributed by atoms with Crippen molar-refractivity contribution in [3.8, 4) is 0 Å². The van der Waals surface area contributed by atoms with Gasteiger partial charge in [-0.05, 0) is 31.9 Å². The van der Waals surface area contributed by atoms with Gasteiger partial charge in [-0.3, -0.25) is 9.59 Å². The summed E-state index contributed by atoms with van der Waals surface area (Å²) in [5, 5.41) is 9.50. The van der Waals surface area contributed by atoms with E-state index in [-0.39, 0.29) is 31.7 Å². The van der Waals surface area contributed by atoms with Gasteiger partial charge in [0, 0.05) is 20.2 Å². The van der Waals surface area contributed by atoms with Gasteiger partial charge in [0.15, 0.2) is 0 Å². The highest BCUT2D eigenvalue weighted by Crippen LogP contribution is 2.37. The summed E-state index contributed by atoms with van der Waals surface area (Å²) < 4.78 is 43.9. The maximum absolute atomic E-state index is 13.0. The maximum atomic E-state index is 13.0. The van der Waals surface area contributed by atoms with Crippen LogP contribution in [0.15, 0.2) is 24.3 Å². The van der Waals surface area contributed by atoms with Gasteiger partial charge in [0.05, 0.1) is 17.6 Å². The third-order valence-electron chi connectivity index (χ3n) is 4.96. The molecule has 1 amide bonds. The van der Waals surface area contributed by atoms with Crippen molar-refractivity contribution in [2.24, 2.45) is 5.41 Å². The van der Waals surface area contributed by atoms with Crippen LogP contribution in [-0.2, 0) is 25.9 Å². The number of methoxy groups -OCH3 is 1. The lowest BCUT2D eigenvalue weighted by molar-refractivity contribution is -0.152.